The second-order valence-corrected chi connectivity index (χ2v) is 13.6. The molecule has 254 valence electrons. The average Bonchev–Trinajstić information content (AvgIpc) is 3.04. The van der Waals surface area contributed by atoms with Gasteiger partial charge in [0.15, 0.2) is 0 Å². The minimum Gasteiger partial charge on any atom is -0.439 e. The van der Waals surface area contributed by atoms with Crippen molar-refractivity contribution in [3.63, 3.8) is 0 Å². The normalized spacial score (nSPS) is 14.0. The fraction of sp³-hybridized carbons (Fsp3) is 0.424. The van der Waals surface area contributed by atoms with Gasteiger partial charge in [-0.3, -0.25) is 14.4 Å². The van der Waals surface area contributed by atoms with E-state index in [4.69, 9.17) is 10.5 Å². The molecule has 4 rings (SSSR count). The summed E-state index contributed by atoms with van der Waals surface area (Å²) in [5.74, 6) is -1.67. The monoisotopic (exact) mass is 672 g/mol. The van der Waals surface area contributed by atoms with Crippen LogP contribution >= 0.6 is 0 Å². The van der Waals surface area contributed by atoms with Crippen molar-refractivity contribution >= 4 is 33.3 Å². The van der Waals surface area contributed by atoms with E-state index in [-0.39, 0.29) is 23.0 Å². The van der Waals surface area contributed by atoms with E-state index in [1.807, 2.05) is 6.07 Å². The number of piperidine rings is 1. The molecule has 14 heteroatoms. The number of pyridine rings is 1. The zero-order valence-electron chi connectivity index (χ0n) is 26.7. The Morgan fingerprint density at radius 3 is 2.38 bits per heavy atom. The highest BCUT2D eigenvalue weighted by Gasteiger charge is 2.28. The van der Waals surface area contributed by atoms with Crippen LogP contribution in [-0.2, 0) is 27.8 Å². The van der Waals surface area contributed by atoms with Crippen LogP contribution in [-0.4, -0.2) is 66.6 Å². The third-order valence-corrected chi connectivity index (χ3v) is 9.24. The minimum absolute atomic E-state index is 0.0161. The number of primary amides is 1. The number of nitrogens with two attached hydrogens (primary N) is 1. The topological polar surface area (TPSA) is 147 Å². The summed E-state index contributed by atoms with van der Waals surface area (Å²) in [7, 11) is -3.36. The van der Waals surface area contributed by atoms with Gasteiger partial charge >= 0.3 is 6.03 Å². The number of anilines is 2. The van der Waals surface area contributed by atoms with Gasteiger partial charge in [-0.25, -0.2) is 27.0 Å². The van der Waals surface area contributed by atoms with Crippen LogP contribution in [0, 0.1) is 11.6 Å². The van der Waals surface area contributed by atoms with E-state index >= 15 is 0 Å². The first-order valence-electron chi connectivity index (χ1n) is 15.8. The number of halogens is 2. The minimum atomic E-state index is -3.36. The Balaban J connectivity index is 1.32. The third kappa shape index (κ3) is 10.6. The van der Waals surface area contributed by atoms with E-state index in [0.29, 0.717) is 36.5 Å². The van der Waals surface area contributed by atoms with Gasteiger partial charge in [0.05, 0.1) is 17.9 Å². The van der Waals surface area contributed by atoms with Crippen molar-refractivity contribution in [2.45, 2.75) is 65.0 Å². The molecule has 1 aliphatic heterocycles. The number of amides is 3. The highest BCUT2D eigenvalue weighted by Crippen LogP contribution is 2.25. The molecule has 47 heavy (non-hydrogen) atoms. The van der Waals surface area contributed by atoms with Crippen molar-refractivity contribution < 1.29 is 31.5 Å². The average molecular weight is 673 g/mol. The first-order valence-corrected chi connectivity index (χ1v) is 17.4. The molecular formula is C33H42F2N6O5S. The first kappa shape index (κ1) is 35.6. The maximum atomic E-state index is 14.6. The Labute approximate surface area is 274 Å². The molecule has 4 N–H and O–H groups in total. The number of urea groups is 1. The Kier molecular flexibility index (Phi) is 12.5. The van der Waals surface area contributed by atoms with Gasteiger partial charge in [-0.1, -0.05) is 25.8 Å². The number of rotatable bonds is 15. The highest BCUT2D eigenvalue weighted by atomic mass is 32.2. The largest absolute Gasteiger partial charge is 0.439 e. The smallest absolute Gasteiger partial charge is 0.322 e. The maximum absolute atomic E-state index is 14.6. The second kappa shape index (κ2) is 16.5. The third-order valence-electron chi connectivity index (χ3n) is 7.94. The van der Waals surface area contributed by atoms with Gasteiger partial charge in [0.25, 0.3) is 0 Å². The van der Waals surface area contributed by atoms with Crippen molar-refractivity contribution in [3.8, 4) is 11.6 Å². The van der Waals surface area contributed by atoms with E-state index in [1.165, 1.54) is 0 Å². The summed E-state index contributed by atoms with van der Waals surface area (Å²) in [6.07, 6.45) is 5.50. The summed E-state index contributed by atoms with van der Waals surface area (Å²) in [5, 5.41) is 2.60. The standard InChI is InChI=1S/C33H42F2N6O5S/c1-3-5-6-15-41(33(43)38-30-18-24(19-31(36)42)28(34)20-29(30)35)26-13-16-40(17-14-26)22-23-7-12-32(37-21-23)46-27-10-8-25(9-11-27)39-47(44,45)4-2/h7-12,18,20-21,26,39H,3-6,13-17,19,22H2,1-2H3,(H2,36,42)(H,38,43). The summed E-state index contributed by atoms with van der Waals surface area (Å²) in [6.45, 7) is 6.28. The van der Waals surface area contributed by atoms with E-state index < -0.39 is 40.0 Å². The molecule has 2 heterocycles. The lowest BCUT2D eigenvalue weighted by Gasteiger charge is -2.38. The van der Waals surface area contributed by atoms with Gasteiger partial charge in [0.2, 0.25) is 21.8 Å². The number of benzene rings is 2. The molecule has 3 aromatic rings. The molecule has 1 aliphatic rings. The molecule has 0 unspecified atom stereocenters. The Morgan fingerprint density at radius 1 is 1.04 bits per heavy atom. The molecule has 0 radical (unpaired) electrons. The molecule has 0 atom stereocenters. The molecule has 3 amide bonds. The van der Waals surface area contributed by atoms with Crippen LogP contribution < -0.4 is 20.5 Å². The number of nitrogens with zero attached hydrogens (tertiary/aromatic N) is 3. The second-order valence-electron chi connectivity index (χ2n) is 11.5. The first-order chi connectivity index (χ1) is 22.5. The lowest BCUT2D eigenvalue weighted by Crippen LogP contribution is -2.49. The van der Waals surface area contributed by atoms with Gasteiger partial charge in [-0.05, 0) is 67.6 Å². The summed E-state index contributed by atoms with van der Waals surface area (Å²) in [5.41, 5.74) is 6.36. The van der Waals surface area contributed by atoms with Crippen molar-refractivity contribution in [3.05, 3.63) is 77.5 Å². The molecule has 1 saturated heterocycles. The predicted molar refractivity (Wildman–Crippen MR) is 177 cm³/mol. The summed E-state index contributed by atoms with van der Waals surface area (Å²) in [4.78, 5) is 33.1. The molecule has 1 aromatic heterocycles. The number of ether oxygens (including phenoxy) is 1. The van der Waals surface area contributed by atoms with E-state index in [9.17, 15) is 26.8 Å². The summed E-state index contributed by atoms with van der Waals surface area (Å²) in [6, 6.07) is 11.5. The van der Waals surface area contributed by atoms with Gasteiger partial charge in [-0.2, -0.15) is 0 Å². The van der Waals surface area contributed by atoms with Gasteiger partial charge < -0.3 is 20.7 Å². The molecule has 0 bridgehead atoms. The number of carbonyl (C=O) groups excluding carboxylic acids is 2. The van der Waals surface area contributed by atoms with E-state index in [1.54, 1.807) is 48.4 Å². The molecule has 0 aliphatic carbocycles. The van der Waals surface area contributed by atoms with Crippen LogP contribution in [0.3, 0.4) is 0 Å². The number of sulfonamides is 1. The van der Waals surface area contributed by atoms with Crippen molar-refractivity contribution in [2.24, 2.45) is 5.73 Å². The van der Waals surface area contributed by atoms with E-state index in [0.717, 1.165) is 56.8 Å². The molecule has 2 aromatic carbocycles. The van der Waals surface area contributed by atoms with Crippen molar-refractivity contribution in [1.29, 1.82) is 0 Å². The van der Waals surface area contributed by atoms with Crippen molar-refractivity contribution in [2.75, 3.05) is 35.4 Å². The maximum Gasteiger partial charge on any atom is 0.322 e. The molecule has 1 fully saturated rings. The number of aromatic nitrogens is 1. The number of hydrogen-bond donors (Lipinski definition) is 3. The van der Waals surface area contributed by atoms with Crippen LogP contribution in [0.25, 0.3) is 0 Å². The van der Waals surface area contributed by atoms with Crippen LogP contribution in [0.4, 0.5) is 25.0 Å². The molecule has 0 spiro atoms. The SMILES string of the molecule is CCCCCN(C(=O)Nc1cc(CC(N)=O)c(F)cc1F)C1CCN(Cc2ccc(Oc3ccc(NS(=O)(=O)CC)cc3)nc2)CC1. The summed E-state index contributed by atoms with van der Waals surface area (Å²) < 4.78 is 60.5. The Morgan fingerprint density at radius 2 is 1.77 bits per heavy atom. The van der Waals surface area contributed by atoms with Gasteiger partial charge in [0, 0.05) is 56.2 Å². The Bertz CT molecular complexity index is 1620. The van der Waals surface area contributed by atoms with Gasteiger partial charge in [0.1, 0.15) is 17.4 Å². The number of unbranched alkanes of at least 4 members (excludes halogenated alkanes) is 2. The summed E-state index contributed by atoms with van der Waals surface area (Å²) >= 11 is 0. The van der Waals surface area contributed by atoms with Crippen LogP contribution in [0.5, 0.6) is 11.6 Å². The van der Waals surface area contributed by atoms with E-state index in [2.05, 4.69) is 26.8 Å². The number of hydrogen-bond acceptors (Lipinski definition) is 7. The quantitative estimate of drug-likeness (QED) is 0.177. The fourth-order valence-electron chi connectivity index (χ4n) is 5.36. The number of nitrogens with one attached hydrogen (secondary N) is 2. The van der Waals surface area contributed by atoms with Crippen molar-refractivity contribution in [1.82, 2.24) is 14.8 Å². The predicted octanol–water partition coefficient (Wildman–Crippen LogP) is 5.63. The lowest BCUT2D eigenvalue weighted by atomic mass is 10.0. The molecule has 0 saturated carbocycles. The molecule has 11 nitrogen and oxygen atoms in total. The van der Waals surface area contributed by atoms with Crippen LogP contribution in [0.1, 0.15) is 57.1 Å². The number of carbonyl (C=O) groups is 2. The van der Waals surface area contributed by atoms with Crippen LogP contribution in [0.2, 0.25) is 0 Å². The zero-order valence-corrected chi connectivity index (χ0v) is 27.5. The molecular weight excluding hydrogens is 630 g/mol. The Hall–Kier alpha value is -4.30. The number of likely N-dealkylation sites (tertiary alicyclic amines) is 1. The highest BCUT2D eigenvalue weighted by molar-refractivity contribution is 7.92. The lowest BCUT2D eigenvalue weighted by molar-refractivity contribution is -0.117. The van der Waals surface area contributed by atoms with Gasteiger partial charge in [-0.15, -0.1) is 0 Å². The fourth-order valence-corrected chi connectivity index (χ4v) is 6.00. The van der Waals surface area contributed by atoms with Crippen LogP contribution in [0.15, 0.2) is 54.7 Å². The zero-order chi connectivity index (χ0) is 34.0.